The van der Waals surface area contributed by atoms with Crippen molar-refractivity contribution in [3.63, 3.8) is 0 Å². The molecule has 0 aliphatic rings. The van der Waals surface area contributed by atoms with Crippen LogP contribution in [0.25, 0.3) is 0 Å². The van der Waals surface area contributed by atoms with Crippen molar-refractivity contribution in [2.75, 3.05) is 0 Å². The second kappa shape index (κ2) is 6.56. The Morgan fingerprint density at radius 3 is 2.16 bits per heavy atom. The maximum absolute atomic E-state index is 12.3. The molecule has 0 N–H and O–H groups in total. The molecule has 0 saturated heterocycles. The molecule has 1 nitrogen and oxygen atoms in total. The van der Waals surface area contributed by atoms with E-state index >= 15 is 0 Å². The zero-order valence-corrected chi connectivity index (χ0v) is 13.0. The van der Waals surface area contributed by atoms with Crippen molar-refractivity contribution in [1.82, 2.24) is 0 Å². The summed E-state index contributed by atoms with van der Waals surface area (Å²) in [4.78, 5) is 11.8. The number of carbonyl (C=O) groups is 1. The minimum Gasteiger partial charge on any atom is -0.293 e. The van der Waals surface area contributed by atoms with Crippen molar-refractivity contribution in [2.24, 2.45) is 0 Å². The summed E-state index contributed by atoms with van der Waals surface area (Å²) in [5.41, 5.74) is 1.50. The standard InChI is InChI=1S/C15H11BrCl2O/c16-13(14(18)10-4-2-1-3-5-10)15(19)11-6-8-12(17)9-7-11/h1-9,13-14H/t13-,14+/m1/s1. The summed E-state index contributed by atoms with van der Waals surface area (Å²) >= 11 is 15.5. The summed E-state index contributed by atoms with van der Waals surface area (Å²) in [7, 11) is 0. The average molecular weight is 358 g/mol. The van der Waals surface area contributed by atoms with Crippen molar-refractivity contribution in [3.8, 4) is 0 Å². The molecular weight excluding hydrogens is 347 g/mol. The average Bonchev–Trinajstić information content (AvgIpc) is 2.46. The zero-order chi connectivity index (χ0) is 13.8. The van der Waals surface area contributed by atoms with Gasteiger partial charge in [0.15, 0.2) is 5.78 Å². The highest BCUT2D eigenvalue weighted by Gasteiger charge is 2.26. The van der Waals surface area contributed by atoms with E-state index in [0.717, 1.165) is 5.56 Å². The highest BCUT2D eigenvalue weighted by molar-refractivity contribution is 9.10. The van der Waals surface area contributed by atoms with Gasteiger partial charge in [0.2, 0.25) is 0 Å². The lowest BCUT2D eigenvalue weighted by Crippen LogP contribution is -2.19. The number of carbonyl (C=O) groups excluding carboxylic acids is 1. The van der Waals surface area contributed by atoms with Crippen molar-refractivity contribution in [1.29, 1.82) is 0 Å². The fraction of sp³-hybridized carbons (Fsp3) is 0.133. The molecule has 2 aromatic carbocycles. The number of hydrogen-bond acceptors (Lipinski definition) is 1. The van der Waals surface area contributed by atoms with Crippen LogP contribution in [0.2, 0.25) is 5.02 Å². The zero-order valence-electron chi connectivity index (χ0n) is 9.89. The molecule has 0 unspecified atom stereocenters. The van der Waals surface area contributed by atoms with E-state index in [1.54, 1.807) is 24.3 Å². The van der Waals surface area contributed by atoms with Crippen LogP contribution < -0.4 is 0 Å². The fourth-order valence-corrected chi connectivity index (χ4v) is 2.67. The molecule has 0 aliphatic heterocycles. The maximum Gasteiger partial charge on any atom is 0.178 e. The lowest BCUT2D eigenvalue weighted by Gasteiger charge is -2.15. The van der Waals surface area contributed by atoms with E-state index in [2.05, 4.69) is 15.9 Å². The second-order valence-electron chi connectivity index (χ2n) is 4.09. The Morgan fingerprint density at radius 2 is 1.58 bits per heavy atom. The predicted octanol–water partition coefficient (Wildman–Crippen LogP) is 5.27. The molecule has 0 spiro atoms. The van der Waals surface area contributed by atoms with Crippen molar-refractivity contribution < 1.29 is 4.79 Å². The van der Waals surface area contributed by atoms with E-state index in [-0.39, 0.29) is 5.78 Å². The molecule has 0 aromatic heterocycles. The molecular formula is C15H11BrCl2O. The van der Waals surface area contributed by atoms with Gasteiger partial charge in [0, 0.05) is 10.6 Å². The first kappa shape index (κ1) is 14.6. The second-order valence-corrected chi connectivity index (χ2v) is 5.98. The summed E-state index contributed by atoms with van der Waals surface area (Å²) in [5, 5.41) is 0.192. The molecule has 2 atom stereocenters. The first-order chi connectivity index (χ1) is 9.09. The molecule has 0 heterocycles. The van der Waals surface area contributed by atoms with Crippen molar-refractivity contribution >= 4 is 44.9 Å². The molecule has 19 heavy (non-hydrogen) atoms. The monoisotopic (exact) mass is 356 g/mol. The van der Waals surface area contributed by atoms with Crippen LogP contribution in [0.5, 0.6) is 0 Å². The molecule has 2 rings (SSSR count). The van der Waals surface area contributed by atoms with Crippen LogP contribution >= 0.6 is 39.1 Å². The van der Waals surface area contributed by atoms with Gasteiger partial charge in [0.25, 0.3) is 0 Å². The molecule has 0 saturated carbocycles. The van der Waals surface area contributed by atoms with Gasteiger partial charge in [-0.25, -0.2) is 0 Å². The van der Waals surface area contributed by atoms with Crippen molar-refractivity contribution in [2.45, 2.75) is 10.2 Å². The topological polar surface area (TPSA) is 17.1 Å². The van der Waals surface area contributed by atoms with Gasteiger partial charge in [0.05, 0.1) is 10.2 Å². The summed E-state index contributed by atoms with van der Waals surface area (Å²) < 4.78 is 0. The van der Waals surface area contributed by atoms with Gasteiger partial charge in [-0.3, -0.25) is 4.79 Å². The fourth-order valence-electron chi connectivity index (χ4n) is 1.71. The van der Waals surface area contributed by atoms with Crippen molar-refractivity contribution in [3.05, 3.63) is 70.7 Å². The first-order valence-corrected chi connectivity index (χ1v) is 7.45. The minimum atomic E-state index is -0.474. The van der Waals surface area contributed by atoms with E-state index in [4.69, 9.17) is 23.2 Å². The number of rotatable bonds is 4. The third-order valence-electron chi connectivity index (χ3n) is 2.75. The van der Waals surface area contributed by atoms with Crippen LogP contribution in [-0.4, -0.2) is 10.6 Å². The Balaban J connectivity index is 2.17. The number of benzene rings is 2. The van der Waals surface area contributed by atoms with Crippen LogP contribution in [0.1, 0.15) is 21.3 Å². The lowest BCUT2D eigenvalue weighted by atomic mass is 10.0. The van der Waals surface area contributed by atoms with Gasteiger partial charge in [-0.1, -0.05) is 57.9 Å². The molecule has 0 radical (unpaired) electrons. The number of alkyl halides is 2. The Labute approximate surface area is 130 Å². The summed E-state index contributed by atoms with van der Waals surface area (Å²) in [6.45, 7) is 0. The minimum absolute atomic E-state index is 0.0551. The highest BCUT2D eigenvalue weighted by atomic mass is 79.9. The largest absolute Gasteiger partial charge is 0.293 e. The Kier molecular flexibility index (Phi) is 5.03. The Morgan fingerprint density at radius 1 is 1.00 bits per heavy atom. The van der Waals surface area contributed by atoms with E-state index in [0.29, 0.717) is 10.6 Å². The summed E-state index contributed by atoms with van der Waals surface area (Å²) in [5.74, 6) is -0.0551. The normalized spacial score (nSPS) is 13.8. The maximum atomic E-state index is 12.3. The van der Waals surface area contributed by atoms with E-state index in [9.17, 15) is 4.79 Å². The molecule has 0 amide bonds. The molecule has 98 valence electrons. The van der Waals surface area contributed by atoms with Gasteiger partial charge in [0.1, 0.15) is 0 Å². The van der Waals surface area contributed by atoms with Crippen LogP contribution in [-0.2, 0) is 0 Å². The molecule has 0 fully saturated rings. The molecule has 2 aromatic rings. The van der Waals surface area contributed by atoms with Crippen LogP contribution in [0.3, 0.4) is 0 Å². The smallest absolute Gasteiger partial charge is 0.178 e. The molecule has 4 heteroatoms. The first-order valence-electron chi connectivity index (χ1n) is 5.72. The summed E-state index contributed by atoms with van der Waals surface area (Å²) in [6, 6.07) is 16.3. The van der Waals surface area contributed by atoms with E-state index in [1.807, 2.05) is 30.3 Å². The van der Waals surface area contributed by atoms with Crippen LogP contribution in [0.15, 0.2) is 54.6 Å². The third-order valence-corrected chi connectivity index (χ3v) is 4.76. The summed E-state index contributed by atoms with van der Waals surface area (Å²) in [6.07, 6.45) is 0. The Hall–Kier alpha value is -0.830. The van der Waals surface area contributed by atoms with Gasteiger partial charge < -0.3 is 0 Å². The highest BCUT2D eigenvalue weighted by Crippen LogP contribution is 2.31. The van der Waals surface area contributed by atoms with E-state index in [1.165, 1.54) is 0 Å². The number of hydrogen-bond donors (Lipinski definition) is 0. The van der Waals surface area contributed by atoms with Gasteiger partial charge in [-0.15, -0.1) is 11.6 Å². The Bertz CT molecular complexity index is 554. The third kappa shape index (κ3) is 3.59. The van der Waals surface area contributed by atoms with E-state index < -0.39 is 10.2 Å². The SMILES string of the molecule is O=C(c1ccc(Cl)cc1)[C@H](Br)[C@@H](Cl)c1ccccc1. The number of ketones is 1. The van der Waals surface area contributed by atoms with Gasteiger partial charge in [-0.05, 0) is 29.8 Å². The number of halogens is 3. The van der Waals surface area contributed by atoms with Crippen LogP contribution in [0.4, 0.5) is 0 Å². The molecule has 0 bridgehead atoms. The predicted molar refractivity (Wildman–Crippen MR) is 83.5 cm³/mol. The van der Waals surface area contributed by atoms with Gasteiger partial charge >= 0.3 is 0 Å². The quantitative estimate of drug-likeness (QED) is 0.538. The number of Topliss-reactive ketones (excluding diaryl/α,β-unsaturated/α-hetero) is 1. The van der Waals surface area contributed by atoms with Gasteiger partial charge in [-0.2, -0.15) is 0 Å². The lowest BCUT2D eigenvalue weighted by molar-refractivity contribution is 0.0990. The van der Waals surface area contributed by atoms with Crippen LogP contribution in [0, 0.1) is 0 Å². The molecule has 0 aliphatic carbocycles.